The van der Waals surface area contributed by atoms with Crippen LogP contribution in [0.15, 0.2) is 23.1 Å². The predicted molar refractivity (Wildman–Crippen MR) is 78.1 cm³/mol. The van der Waals surface area contributed by atoms with Crippen LogP contribution in [0.25, 0.3) is 0 Å². The molecule has 17 heavy (non-hydrogen) atoms. The highest BCUT2D eigenvalue weighted by atomic mass is 35.5. The van der Waals surface area contributed by atoms with Gasteiger partial charge in [-0.2, -0.15) is 0 Å². The van der Waals surface area contributed by atoms with Crippen LogP contribution in [0, 0.1) is 0 Å². The van der Waals surface area contributed by atoms with E-state index in [1.807, 2.05) is 23.9 Å². The highest BCUT2D eigenvalue weighted by molar-refractivity contribution is 7.99. The molecule has 1 rings (SSSR count). The van der Waals surface area contributed by atoms with Crippen molar-refractivity contribution in [2.24, 2.45) is 0 Å². The third kappa shape index (κ3) is 5.30. The molecule has 0 unspecified atom stereocenters. The van der Waals surface area contributed by atoms with Crippen LogP contribution in [0.3, 0.4) is 0 Å². The van der Waals surface area contributed by atoms with Gasteiger partial charge in [-0.25, -0.2) is 0 Å². The smallest absolute Gasteiger partial charge is 0.0545 e. The summed E-state index contributed by atoms with van der Waals surface area (Å²) in [5.41, 5.74) is 1.29. The Balaban J connectivity index is 2.66. The lowest BCUT2D eigenvalue weighted by Crippen LogP contribution is -2.15. The quantitative estimate of drug-likeness (QED) is 0.768. The van der Waals surface area contributed by atoms with Gasteiger partial charge in [-0.3, -0.25) is 0 Å². The van der Waals surface area contributed by atoms with Crippen LogP contribution >= 0.6 is 23.4 Å². The van der Waals surface area contributed by atoms with E-state index in [0.717, 1.165) is 30.4 Å². The maximum Gasteiger partial charge on any atom is 0.0545 e. The number of hydrogen-bond donors (Lipinski definition) is 1. The summed E-state index contributed by atoms with van der Waals surface area (Å²) in [6.07, 6.45) is 0. The minimum absolute atomic E-state index is 0.865. The number of hydrogen-bond acceptors (Lipinski definition) is 3. The van der Waals surface area contributed by atoms with Crippen LogP contribution in [-0.2, 0) is 6.54 Å². The van der Waals surface area contributed by atoms with E-state index >= 15 is 0 Å². The van der Waals surface area contributed by atoms with Crippen LogP contribution < -0.4 is 5.32 Å². The molecule has 0 radical (unpaired) electrons. The number of nitrogens with one attached hydrogen (secondary N) is 1. The molecule has 0 aromatic heterocycles. The zero-order valence-corrected chi connectivity index (χ0v) is 12.4. The minimum Gasteiger partial charge on any atom is -0.313 e. The first-order valence-corrected chi connectivity index (χ1v) is 7.27. The van der Waals surface area contributed by atoms with Crippen molar-refractivity contribution in [2.45, 2.75) is 18.4 Å². The maximum atomic E-state index is 6.26. The lowest BCUT2D eigenvalue weighted by Gasteiger charge is -2.13. The van der Waals surface area contributed by atoms with Gasteiger partial charge in [0.15, 0.2) is 0 Å². The largest absolute Gasteiger partial charge is 0.313 e. The Morgan fingerprint density at radius 3 is 2.76 bits per heavy atom. The van der Waals surface area contributed by atoms with Crippen LogP contribution in [0.2, 0.25) is 5.02 Å². The molecule has 2 nitrogen and oxygen atoms in total. The van der Waals surface area contributed by atoms with Crippen LogP contribution in [0.5, 0.6) is 0 Å². The summed E-state index contributed by atoms with van der Waals surface area (Å²) in [6.45, 7) is 5.05. The van der Waals surface area contributed by atoms with Gasteiger partial charge in [0, 0.05) is 23.7 Å². The fourth-order valence-corrected chi connectivity index (χ4v) is 2.99. The summed E-state index contributed by atoms with van der Waals surface area (Å²) < 4.78 is 0. The van der Waals surface area contributed by atoms with E-state index < -0.39 is 0 Å². The van der Waals surface area contributed by atoms with Gasteiger partial charge in [0.05, 0.1) is 5.02 Å². The summed E-state index contributed by atoms with van der Waals surface area (Å²) in [7, 11) is 4.18. The van der Waals surface area contributed by atoms with E-state index in [9.17, 15) is 0 Å². The second kappa shape index (κ2) is 7.98. The highest BCUT2D eigenvalue weighted by Gasteiger charge is 2.07. The SMILES string of the molecule is CCNCc1cccc(Cl)c1SCCN(C)C. The first-order valence-electron chi connectivity index (χ1n) is 5.90. The van der Waals surface area contributed by atoms with Gasteiger partial charge in [0.1, 0.15) is 0 Å². The summed E-state index contributed by atoms with van der Waals surface area (Å²) >= 11 is 8.10. The molecule has 0 spiro atoms. The molecule has 0 fully saturated rings. The third-order valence-electron chi connectivity index (χ3n) is 2.40. The molecule has 96 valence electrons. The second-order valence-corrected chi connectivity index (χ2v) is 5.67. The lowest BCUT2D eigenvalue weighted by atomic mass is 10.2. The van der Waals surface area contributed by atoms with Gasteiger partial charge in [-0.05, 0) is 32.3 Å². The maximum absolute atomic E-state index is 6.26. The van der Waals surface area contributed by atoms with Crippen molar-refractivity contribution in [1.29, 1.82) is 0 Å². The molecule has 1 aromatic rings. The second-order valence-electron chi connectivity index (χ2n) is 4.16. The van der Waals surface area contributed by atoms with Crippen LogP contribution in [-0.4, -0.2) is 37.8 Å². The van der Waals surface area contributed by atoms with E-state index in [2.05, 4.69) is 37.3 Å². The predicted octanol–water partition coefficient (Wildman–Crippen LogP) is 3.10. The molecule has 0 bridgehead atoms. The standard InChI is InChI=1S/C13H21ClN2S/c1-4-15-10-11-6-5-7-12(14)13(11)17-9-8-16(2)3/h5-7,15H,4,8-10H2,1-3H3. The van der Waals surface area contributed by atoms with Crippen molar-refractivity contribution in [1.82, 2.24) is 10.2 Å². The molecule has 0 atom stereocenters. The van der Waals surface area contributed by atoms with Crippen LogP contribution in [0.4, 0.5) is 0 Å². The Bertz CT molecular complexity index is 342. The van der Waals surface area contributed by atoms with Gasteiger partial charge in [-0.15, -0.1) is 11.8 Å². The highest BCUT2D eigenvalue weighted by Crippen LogP contribution is 2.30. The van der Waals surface area contributed by atoms with Crippen molar-refractivity contribution < 1.29 is 0 Å². The zero-order valence-electron chi connectivity index (χ0n) is 10.8. The molecular weight excluding hydrogens is 252 g/mol. The monoisotopic (exact) mass is 272 g/mol. The molecule has 1 N–H and O–H groups in total. The Morgan fingerprint density at radius 1 is 1.35 bits per heavy atom. The Hall–Kier alpha value is -0.220. The average Bonchev–Trinajstić information content (AvgIpc) is 2.29. The van der Waals surface area contributed by atoms with Crippen molar-refractivity contribution in [3.8, 4) is 0 Å². The number of benzene rings is 1. The summed E-state index contributed by atoms with van der Waals surface area (Å²) in [4.78, 5) is 3.41. The van der Waals surface area contributed by atoms with Gasteiger partial charge < -0.3 is 10.2 Å². The Kier molecular flexibility index (Phi) is 6.97. The normalized spacial score (nSPS) is 11.1. The fraction of sp³-hybridized carbons (Fsp3) is 0.538. The molecule has 0 amide bonds. The Morgan fingerprint density at radius 2 is 2.12 bits per heavy atom. The van der Waals surface area contributed by atoms with E-state index in [1.165, 1.54) is 10.5 Å². The first-order chi connectivity index (χ1) is 8.15. The van der Waals surface area contributed by atoms with Crippen LogP contribution in [0.1, 0.15) is 12.5 Å². The minimum atomic E-state index is 0.865. The molecule has 1 aromatic carbocycles. The number of thioether (sulfide) groups is 1. The van der Waals surface area contributed by atoms with Crippen molar-refractivity contribution in [3.05, 3.63) is 28.8 Å². The number of nitrogens with zero attached hydrogens (tertiary/aromatic N) is 1. The molecule has 0 saturated heterocycles. The fourth-order valence-electron chi connectivity index (χ4n) is 1.44. The third-order valence-corrected chi connectivity index (χ3v) is 3.98. The first kappa shape index (κ1) is 14.8. The molecule has 0 heterocycles. The summed E-state index contributed by atoms with van der Waals surface area (Å²) in [5.74, 6) is 1.07. The van der Waals surface area contributed by atoms with E-state index in [1.54, 1.807) is 0 Å². The molecule has 4 heteroatoms. The average molecular weight is 273 g/mol. The van der Waals surface area contributed by atoms with Gasteiger partial charge in [0.25, 0.3) is 0 Å². The topological polar surface area (TPSA) is 15.3 Å². The van der Waals surface area contributed by atoms with Gasteiger partial charge >= 0.3 is 0 Å². The summed E-state index contributed by atoms with van der Waals surface area (Å²) in [5, 5.41) is 4.21. The van der Waals surface area contributed by atoms with Crippen molar-refractivity contribution >= 4 is 23.4 Å². The lowest BCUT2D eigenvalue weighted by molar-refractivity contribution is 0.437. The molecular formula is C13H21ClN2S. The van der Waals surface area contributed by atoms with Gasteiger partial charge in [0.2, 0.25) is 0 Å². The molecule has 0 saturated carbocycles. The van der Waals surface area contributed by atoms with E-state index in [-0.39, 0.29) is 0 Å². The van der Waals surface area contributed by atoms with Crippen molar-refractivity contribution in [3.63, 3.8) is 0 Å². The van der Waals surface area contributed by atoms with E-state index in [4.69, 9.17) is 11.6 Å². The number of halogens is 1. The molecule has 0 aliphatic carbocycles. The molecule has 0 aliphatic rings. The van der Waals surface area contributed by atoms with Crippen molar-refractivity contribution in [2.75, 3.05) is 32.9 Å². The van der Waals surface area contributed by atoms with E-state index in [0.29, 0.717) is 0 Å². The summed E-state index contributed by atoms with van der Waals surface area (Å²) in [6, 6.07) is 6.13. The Labute approximate surface area is 114 Å². The zero-order chi connectivity index (χ0) is 12.7. The number of rotatable bonds is 7. The van der Waals surface area contributed by atoms with Gasteiger partial charge in [-0.1, -0.05) is 30.7 Å². The molecule has 0 aliphatic heterocycles.